The number of fused-ring (bicyclic) bond motifs is 2. The number of amides is 7. The first-order chi connectivity index (χ1) is 26.2. The third kappa shape index (κ3) is 9.74. The number of nitrogens with zero attached hydrogens (tertiary/aromatic N) is 3. The van der Waals surface area contributed by atoms with Crippen LogP contribution in [0.15, 0.2) is 42.5 Å². The molecule has 0 saturated carbocycles. The fourth-order valence-corrected chi connectivity index (χ4v) is 7.04. The molecule has 5 rings (SSSR count). The number of cyclic esters (lactones) is 1. The van der Waals surface area contributed by atoms with Gasteiger partial charge in [-0.3, -0.25) is 24.0 Å². The molecule has 296 valence electrons. The number of rotatable bonds is 7. The fraction of sp³-hybridized carbons (Fsp3) is 0.500. The van der Waals surface area contributed by atoms with Gasteiger partial charge in [0.2, 0.25) is 29.5 Å². The van der Waals surface area contributed by atoms with Gasteiger partial charge in [-0.1, -0.05) is 19.1 Å². The number of hydrogen-bond acceptors (Lipinski definition) is 8. The van der Waals surface area contributed by atoms with Crippen molar-refractivity contribution < 1.29 is 47.1 Å². The van der Waals surface area contributed by atoms with Crippen LogP contribution in [0.25, 0.3) is 0 Å². The van der Waals surface area contributed by atoms with Gasteiger partial charge in [-0.2, -0.15) is 0 Å². The Labute approximate surface area is 317 Å². The van der Waals surface area contributed by atoms with Crippen molar-refractivity contribution in [2.24, 2.45) is 0 Å². The molecule has 3 aliphatic rings. The minimum Gasteiger partial charge on any atom is -0.461 e. The number of ether oxygens (including phenoxy) is 1. The van der Waals surface area contributed by atoms with Gasteiger partial charge in [0.05, 0.1) is 0 Å². The summed E-state index contributed by atoms with van der Waals surface area (Å²) < 4.78 is 34.0. The van der Waals surface area contributed by atoms with Gasteiger partial charge in [-0.25, -0.2) is 18.4 Å². The highest BCUT2D eigenvalue weighted by Crippen LogP contribution is 2.24. The predicted molar refractivity (Wildman–Crippen MR) is 194 cm³/mol. The van der Waals surface area contributed by atoms with E-state index in [0.29, 0.717) is 24.6 Å². The lowest BCUT2D eigenvalue weighted by Crippen LogP contribution is -2.60. The zero-order valence-electron chi connectivity index (χ0n) is 31.2. The van der Waals surface area contributed by atoms with Crippen LogP contribution in [0.3, 0.4) is 0 Å². The number of anilines is 1. The lowest BCUT2D eigenvalue weighted by molar-refractivity contribution is -0.157. The van der Waals surface area contributed by atoms with E-state index < -0.39 is 102 Å². The normalized spacial score (nSPS) is 24.4. The van der Waals surface area contributed by atoms with Gasteiger partial charge in [-0.05, 0) is 81.3 Å². The summed E-state index contributed by atoms with van der Waals surface area (Å²) >= 11 is 0. The number of halogens is 2. The number of nitrogens with one attached hydrogen (secondary N) is 4. The first kappa shape index (κ1) is 40.6. The molecular formula is C38H47F2N7O8. The Hall–Kier alpha value is -5.61. The summed E-state index contributed by atoms with van der Waals surface area (Å²) in [6.07, 6.45) is 1.73. The average molecular weight is 768 g/mol. The summed E-state index contributed by atoms with van der Waals surface area (Å²) in [5, 5.41) is 10.3. The van der Waals surface area contributed by atoms with Gasteiger partial charge in [0.25, 0.3) is 0 Å². The highest BCUT2D eigenvalue weighted by Gasteiger charge is 2.43. The molecule has 55 heavy (non-hydrogen) atoms. The molecule has 3 heterocycles. The number of likely N-dealkylation sites (N-methyl/N-ethyl adjacent to an activating group) is 1. The van der Waals surface area contributed by atoms with E-state index in [2.05, 4.69) is 21.3 Å². The molecule has 3 saturated heterocycles. The molecule has 2 aromatic carbocycles. The number of esters is 1. The lowest BCUT2D eigenvalue weighted by Gasteiger charge is -2.34. The molecular weight excluding hydrogens is 720 g/mol. The van der Waals surface area contributed by atoms with Crippen molar-refractivity contribution in [1.82, 2.24) is 30.7 Å². The van der Waals surface area contributed by atoms with E-state index in [4.69, 9.17) is 4.74 Å². The van der Waals surface area contributed by atoms with Gasteiger partial charge in [0.1, 0.15) is 54.5 Å². The van der Waals surface area contributed by atoms with E-state index in [9.17, 15) is 42.3 Å². The molecule has 7 amide bonds. The maximum Gasteiger partial charge on any atom is 0.328 e. The van der Waals surface area contributed by atoms with Gasteiger partial charge < -0.3 is 40.7 Å². The second-order valence-electron chi connectivity index (χ2n) is 14.1. The van der Waals surface area contributed by atoms with E-state index in [1.807, 2.05) is 19.1 Å². The van der Waals surface area contributed by atoms with Crippen LogP contribution in [0.2, 0.25) is 0 Å². The average Bonchev–Trinajstić information content (AvgIpc) is 3.85. The second kappa shape index (κ2) is 17.7. The molecule has 0 aliphatic carbocycles. The maximum absolute atomic E-state index is 14.3. The Balaban J connectivity index is 1.44. The summed E-state index contributed by atoms with van der Waals surface area (Å²) in [4.78, 5) is 99.1. The van der Waals surface area contributed by atoms with Crippen molar-refractivity contribution in [1.29, 1.82) is 0 Å². The van der Waals surface area contributed by atoms with Gasteiger partial charge >= 0.3 is 12.0 Å². The minimum atomic E-state index is -1.59. The highest BCUT2D eigenvalue weighted by molar-refractivity contribution is 5.98. The minimum absolute atomic E-state index is 0.0209. The molecule has 15 nitrogen and oxygen atoms in total. The fourth-order valence-electron chi connectivity index (χ4n) is 7.04. The van der Waals surface area contributed by atoms with E-state index in [1.165, 1.54) is 35.6 Å². The summed E-state index contributed by atoms with van der Waals surface area (Å²) in [6, 6.07) is 1.56. The first-order valence-corrected chi connectivity index (χ1v) is 18.4. The number of carbonyl (C=O) groups is 7. The van der Waals surface area contributed by atoms with Crippen LogP contribution >= 0.6 is 0 Å². The van der Waals surface area contributed by atoms with Crippen molar-refractivity contribution in [2.75, 3.05) is 32.1 Å². The van der Waals surface area contributed by atoms with Crippen LogP contribution in [0.4, 0.5) is 19.3 Å². The van der Waals surface area contributed by atoms with Crippen molar-refractivity contribution in [3.8, 4) is 0 Å². The third-order valence-electron chi connectivity index (χ3n) is 10.3. The maximum atomic E-state index is 14.3. The van der Waals surface area contributed by atoms with Crippen molar-refractivity contribution in [3.05, 3.63) is 65.2 Å². The monoisotopic (exact) mass is 767 g/mol. The largest absolute Gasteiger partial charge is 0.461 e. The van der Waals surface area contributed by atoms with Crippen LogP contribution < -0.4 is 21.3 Å². The Bertz CT molecular complexity index is 1790. The zero-order chi connectivity index (χ0) is 40.0. The van der Waals surface area contributed by atoms with Crippen LogP contribution in [0, 0.1) is 11.6 Å². The Morgan fingerprint density at radius 2 is 1.49 bits per heavy atom. The topological polar surface area (TPSA) is 187 Å². The summed E-state index contributed by atoms with van der Waals surface area (Å²) in [5.41, 5.74) is 1.44. The number of aryl methyl sites for hydroxylation is 1. The van der Waals surface area contributed by atoms with E-state index in [0.717, 1.165) is 24.1 Å². The Morgan fingerprint density at radius 3 is 2.13 bits per heavy atom. The summed E-state index contributed by atoms with van der Waals surface area (Å²) in [6.45, 7) is 4.55. The predicted octanol–water partition coefficient (Wildman–Crippen LogP) is 1.64. The molecule has 0 bridgehead atoms. The van der Waals surface area contributed by atoms with Gasteiger partial charge in [0, 0.05) is 38.3 Å². The van der Waals surface area contributed by atoms with Crippen LogP contribution in [-0.4, -0.2) is 119 Å². The van der Waals surface area contributed by atoms with Crippen molar-refractivity contribution in [3.63, 3.8) is 0 Å². The van der Waals surface area contributed by atoms with Crippen molar-refractivity contribution >= 4 is 47.2 Å². The van der Waals surface area contributed by atoms with Crippen LogP contribution in [-0.2, 0) is 46.3 Å². The second-order valence-corrected chi connectivity index (χ2v) is 14.1. The standard InChI is InChI=1S/C38H47F2N7O8/c1-5-23-10-12-27(13-11-23)42-38(54)44-28(18-24-16-25(39)19-26(40)17-24)33(49)43-29-20-55-37(53)31-9-7-15-47(31)34(50)21(2)41-32(48)22(3)45(4)36(52)30-8-6-14-46(30)35(29)51/h10-13,16-17,19,21-22,28-31H,5-9,14-15,18,20H2,1-4H3,(H,41,48)(H,43,49)(H2,42,44,54)/t21-,22-,28-,29?,30-,31-/m0/s1. The quantitative estimate of drug-likeness (QED) is 0.307. The molecule has 0 radical (unpaired) electrons. The Kier molecular flexibility index (Phi) is 13.0. The van der Waals surface area contributed by atoms with Gasteiger partial charge in [-0.15, -0.1) is 0 Å². The molecule has 3 aliphatic heterocycles. The molecule has 17 heteroatoms. The van der Waals surface area contributed by atoms with Crippen LogP contribution in [0.1, 0.15) is 57.6 Å². The molecule has 3 fully saturated rings. The summed E-state index contributed by atoms with van der Waals surface area (Å²) in [5.74, 6) is -6.11. The first-order valence-electron chi connectivity index (χ1n) is 18.4. The van der Waals surface area contributed by atoms with Gasteiger partial charge in [0.15, 0.2) is 0 Å². The van der Waals surface area contributed by atoms with E-state index >= 15 is 0 Å². The molecule has 1 unspecified atom stereocenters. The summed E-state index contributed by atoms with van der Waals surface area (Å²) in [7, 11) is 1.41. The highest BCUT2D eigenvalue weighted by atomic mass is 19.1. The number of hydrogen-bond donors (Lipinski definition) is 4. The number of benzene rings is 2. The lowest BCUT2D eigenvalue weighted by atomic mass is 10.0. The molecule has 2 aromatic rings. The SMILES string of the molecule is CCc1ccc(NC(=O)N[C@@H](Cc2cc(F)cc(F)c2)C(=O)NC2COC(=O)[C@@H]3CCCN3C(=O)[C@H](C)NC(=O)[C@H](C)N(C)C(=O)[C@@H]3CCCN3C2=O)cc1. The number of urea groups is 1. The zero-order valence-corrected chi connectivity index (χ0v) is 31.2. The van der Waals surface area contributed by atoms with Crippen LogP contribution in [0.5, 0.6) is 0 Å². The molecule has 4 N–H and O–H groups in total. The Morgan fingerprint density at radius 1 is 0.873 bits per heavy atom. The third-order valence-corrected chi connectivity index (χ3v) is 10.3. The van der Waals surface area contributed by atoms with E-state index in [1.54, 1.807) is 12.1 Å². The molecule has 0 spiro atoms. The molecule has 6 atom stereocenters. The smallest absolute Gasteiger partial charge is 0.328 e. The van der Waals surface area contributed by atoms with E-state index in [-0.39, 0.29) is 31.5 Å². The number of carbonyl (C=O) groups excluding carboxylic acids is 7. The molecule has 0 aromatic heterocycles. The van der Waals surface area contributed by atoms with Crippen molar-refractivity contribution in [2.45, 2.75) is 95.5 Å².